The third-order valence-corrected chi connectivity index (χ3v) is 2.16. The Kier molecular flexibility index (Phi) is 2.49. The second-order valence-corrected chi connectivity index (χ2v) is 2.88. The van der Waals surface area contributed by atoms with E-state index in [1.54, 1.807) is 6.33 Å². The fourth-order valence-corrected chi connectivity index (χ4v) is 1.18. The molecule has 0 saturated carbocycles. The molecular formula is C9H13N3. The number of rotatable bonds is 2. The molecule has 1 rings (SSSR count). The van der Waals surface area contributed by atoms with Crippen molar-refractivity contribution in [3.05, 3.63) is 17.7 Å². The van der Waals surface area contributed by atoms with Gasteiger partial charge in [0, 0.05) is 5.69 Å². The lowest BCUT2D eigenvalue weighted by molar-refractivity contribution is 0.583. The Morgan fingerprint density at radius 1 is 1.67 bits per heavy atom. The molecule has 0 aromatic carbocycles. The van der Waals surface area contributed by atoms with Gasteiger partial charge in [0.25, 0.3) is 0 Å². The summed E-state index contributed by atoms with van der Waals surface area (Å²) in [6.07, 6.45) is 2.56. The first-order valence-electron chi connectivity index (χ1n) is 4.10. The number of aryl methyl sites for hydroxylation is 1. The van der Waals surface area contributed by atoms with Crippen LogP contribution in [-0.4, -0.2) is 9.55 Å². The Bertz CT molecular complexity index is 306. The van der Waals surface area contributed by atoms with Gasteiger partial charge >= 0.3 is 0 Å². The summed E-state index contributed by atoms with van der Waals surface area (Å²) in [7, 11) is 0. The molecule has 0 aliphatic rings. The van der Waals surface area contributed by atoms with Gasteiger partial charge in [-0.3, -0.25) is 0 Å². The molecule has 0 bridgehead atoms. The van der Waals surface area contributed by atoms with Gasteiger partial charge < -0.3 is 4.57 Å². The Hall–Kier alpha value is -1.30. The summed E-state index contributed by atoms with van der Waals surface area (Å²) in [5.41, 5.74) is 2.09. The van der Waals surface area contributed by atoms with Crippen molar-refractivity contribution in [1.29, 1.82) is 5.26 Å². The van der Waals surface area contributed by atoms with Crippen LogP contribution in [0.1, 0.15) is 30.8 Å². The zero-order valence-corrected chi connectivity index (χ0v) is 7.70. The maximum Gasteiger partial charge on any atom is 0.121 e. The third kappa shape index (κ3) is 1.33. The number of hydrogen-bond acceptors (Lipinski definition) is 2. The number of hydrogen-bond donors (Lipinski definition) is 0. The van der Waals surface area contributed by atoms with Crippen LogP contribution >= 0.6 is 0 Å². The summed E-state index contributed by atoms with van der Waals surface area (Å²) in [5.74, 6) is 0. The summed E-state index contributed by atoms with van der Waals surface area (Å²) in [6.45, 7) is 5.95. The molecule has 1 heterocycles. The molecule has 3 nitrogen and oxygen atoms in total. The first kappa shape index (κ1) is 8.79. The molecule has 0 aliphatic heterocycles. The normalized spacial score (nSPS) is 12.5. The first-order valence-corrected chi connectivity index (χ1v) is 4.10. The van der Waals surface area contributed by atoms with Crippen molar-refractivity contribution in [2.75, 3.05) is 0 Å². The summed E-state index contributed by atoms with van der Waals surface area (Å²) >= 11 is 0. The van der Waals surface area contributed by atoms with E-state index in [2.05, 4.69) is 11.1 Å². The largest absolute Gasteiger partial charge is 0.318 e. The maximum atomic E-state index is 8.81. The highest BCUT2D eigenvalue weighted by atomic mass is 15.1. The molecule has 0 spiro atoms. The van der Waals surface area contributed by atoms with E-state index in [1.165, 1.54) is 0 Å². The average Bonchev–Trinajstić information content (AvgIpc) is 2.38. The Labute approximate surface area is 72.7 Å². The van der Waals surface area contributed by atoms with E-state index in [9.17, 15) is 0 Å². The summed E-state index contributed by atoms with van der Waals surface area (Å²) in [4.78, 5) is 4.14. The summed E-state index contributed by atoms with van der Waals surface area (Å²) in [6, 6.07) is 2.18. The highest BCUT2D eigenvalue weighted by Gasteiger charge is 2.10. The minimum Gasteiger partial charge on any atom is -0.318 e. The molecule has 1 unspecified atom stereocenters. The van der Waals surface area contributed by atoms with Crippen LogP contribution in [0.5, 0.6) is 0 Å². The standard InChI is InChI=1S/C9H13N3/c1-4-9(5-10)12-6-11-7(2)8(12)3/h6,9H,4H2,1-3H3. The lowest BCUT2D eigenvalue weighted by Gasteiger charge is -2.09. The molecule has 1 atom stereocenters. The SMILES string of the molecule is CCC(C#N)n1cnc(C)c1C. The second-order valence-electron chi connectivity index (χ2n) is 2.88. The van der Waals surface area contributed by atoms with Gasteiger partial charge in [0.15, 0.2) is 0 Å². The second kappa shape index (κ2) is 3.40. The number of imidazole rings is 1. The molecule has 12 heavy (non-hydrogen) atoms. The average molecular weight is 163 g/mol. The van der Waals surface area contributed by atoms with Gasteiger partial charge in [-0.1, -0.05) is 6.92 Å². The highest BCUT2D eigenvalue weighted by Crippen LogP contribution is 2.14. The van der Waals surface area contributed by atoms with E-state index in [-0.39, 0.29) is 6.04 Å². The van der Waals surface area contributed by atoms with Crippen LogP contribution in [0, 0.1) is 25.2 Å². The smallest absolute Gasteiger partial charge is 0.121 e. The number of aromatic nitrogens is 2. The van der Waals surface area contributed by atoms with Crippen molar-refractivity contribution in [3.63, 3.8) is 0 Å². The molecule has 3 heteroatoms. The number of nitrogens with zero attached hydrogens (tertiary/aromatic N) is 3. The first-order chi connectivity index (χ1) is 5.70. The minimum atomic E-state index is -0.0637. The zero-order valence-electron chi connectivity index (χ0n) is 7.70. The van der Waals surface area contributed by atoms with Gasteiger partial charge in [0.2, 0.25) is 0 Å². The maximum absolute atomic E-state index is 8.81. The van der Waals surface area contributed by atoms with E-state index in [1.807, 2.05) is 25.3 Å². The third-order valence-electron chi connectivity index (χ3n) is 2.16. The molecule has 0 aliphatic carbocycles. The van der Waals surface area contributed by atoms with E-state index in [4.69, 9.17) is 5.26 Å². The quantitative estimate of drug-likeness (QED) is 0.668. The van der Waals surface area contributed by atoms with Crippen LogP contribution in [0.4, 0.5) is 0 Å². The van der Waals surface area contributed by atoms with E-state index < -0.39 is 0 Å². The van der Waals surface area contributed by atoms with Gasteiger partial charge in [-0.25, -0.2) is 4.98 Å². The van der Waals surface area contributed by atoms with Crippen LogP contribution in [0.15, 0.2) is 6.33 Å². The fraction of sp³-hybridized carbons (Fsp3) is 0.556. The molecule has 1 aromatic rings. The predicted octanol–water partition coefficient (Wildman–Crippen LogP) is 1.97. The van der Waals surface area contributed by atoms with Crippen LogP contribution in [0.2, 0.25) is 0 Å². The molecule has 0 radical (unpaired) electrons. The van der Waals surface area contributed by atoms with Crippen molar-refractivity contribution in [2.24, 2.45) is 0 Å². The van der Waals surface area contributed by atoms with Gasteiger partial charge in [-0.2, -0.15) is 5.26 Å². The molecular weight excluding hydrogens is 150 g/mol. The molecule has 1 aromatic heterocycles. The lowest BCUT2D eigenvalue weighted by Crippen LogP contribution is -2.06. The molecule has 0 amide bonds. The topological polar surface area (TPSA) is 41.6 Å². The molecule has 0 saturated heterocycles. The van der Waals surface area contributed by atoms with Crippen LogP contribution in [0.3, 0.4) is 0 Å². The predicted molar refractivity (Wildman–Crippen MR) is 46.6 cm³/mol. The molecule has 64 valence electrons. The van der Waals surface area contributed by atoms with Crippen molar-refractivity contribution >= 4 is 0 Å². The van der Waals surface area contributed by atoms with Crippen molar-refractivity contribution in [2.45, 2.75) is 33.2 Å². The van der Waals surface area contributed by atoms with Crippen molar-refractivity contribution < 1.29 is 0 Å². The Morgan fingerprint density at radius 2 is 2.33 bits per heavy atom. The van der Waals surface area contributed by atoms with Crippen molar-refractivity contribution in [1.82, 2.24) is 9.55 Å². The highest BCUT2D eigenvalue weighted by molar-refractivity contribution is 5.11. The van der Waals surface area contributed by atoms with Crippen LogP contribution in [0.25, 0.3) is 0 Å². The molecule has 0 N–H and O–H groups in total. The van der Waals surface area contributed by atoms with Crippen molar-refractivity contribution in [3.8, 4) is 6.07 Å². The zero-order chi connectivity index (χ0) is 9.14. The monoisotopic (exact) mass is 163 g/mol. The van der Waals surface area contributed by atoms with Gasteiger partial charge in [-0.05, 0) is 20.3 Å². The van der Waals surface area contributed by atoms with Gasteiger partial charge in [-0.15, -0.1) is 0 Å². The van der Waals surface area contributed by atoms with Gasteiger partial charge in [0.1, 0.15) is 6.04 Å². The molecule has 0 fully saturated rings. The summed E-state index contributed by atoms with van der Waals surface area (Å²) in [5, 5.41) is 8.81. The van der Waals surface area contributed by atoms with E-state index >= 15 is 0 Å². The Balaban J connectivity index is 3.03. The lowest BCUT2D eigenvalue weighted by atomic mass is 10.2. The minimum absolute atomic E-state index is 0.0637. The van der Waals surface area contributed by atoms with E-state index in [0.717, 1.165) is 17.8 Å². The van der Waals surface area contributed by atoms with Gasteiger partial charge in [0.05, 0.1) is 18.1 Å². The van der Waals surface area contributed by atoms with Crippen LogP contribution < -0.4 is 0 Å². The fourth-order valence-electron chi connectivity index (χ4n) is 1.18. The van der Waals surface area contributed by atoms with Crippen LogP contribution in [-0.2, 0) is 0 Å². The van der Waals surface area contributed by atoms with E-state index in [0.29, 0.717) is 0 Å². The Morgan fingerprint density at radius 3 is 2.67 bits per heavy atom. The number of nitriles is 1. The summed E-state index contributed by atoms with van der Waals surface area (Å²) < 4.78 is 1.93.